The van der Waals surface area contributed by atoms with Crippen LogP contribution >= 0.6 is 15.9 Å². The SMILES string of the molecule is COc1ccc(Br)c(NC(=O)C#Cc2ccccc2)c1. The standard InChI is InChI=1S/C16H12BrNO2/c1-20-13-8-9-14(17)15(11-13)18-16(19)10-7-12-5-3-2-4-6-12/h2-6,8-9,11H,1H3,(H,18,19). The minimum Gasteiger partial charge on any atom is -0.497 e. The molecule has 0 aromatic heterocycles. The maximum atomic E-state index is 11.8. The van der Waals surface area contributed by atoms with Crippen molar-refractivity contribution in [2.24, 2.45) is 0 Å². The van der Waals surface area contributed by atoms with Gasteiger partial charge in [-0.05, 0) is 40.2 Å². The van der Waals surface area contributed by atoms with Crippen LogP contribution in [0.25, 0.3) is 0 Å². The van der Waals surface area contributed by atoms with Crippen molar-refractivity contribution in [1.82, 2.24) is 0 Å². The Morgan fingerprint density at radius 3 is 2.65 bits per heavy atom. The van der Waals surface area contributed by atoms with Gasteiger partial charge in [-0.15, -0.1) is 0 Å². The van der Waals surface area contributed by atoms with Gasteiger partial charge in [0.25, 0.3) is 0 Å². The molecule has 20 heavy (non-hydrogen) atoms. The first-order valence-corrected chi connectivity index (χ1v) is 6.70. The number of carbonyl (C=O) groups is 1. The van der Waals surface area contributed by atoms with Crippen LogP contribution in [0, 0.1) is 11.8 Å². The molecule has 0 atom stereocenters. The lowest BCUT2D eigenvalue weighted by Gasteiger charge is -2.06. The molecule has 0 bridgehead atoms. The molecule has 0 unspecified atom stereocenters. The van der Waals surface area contributed by atoms with Gasteiger partial charge in [0, 0.05) is 22.0 Å². The van der Waals surface area contributed by atoms with Crippen LogP contribution in [0.4, 0.5) is 5.69 Å². The van der Waals surface area contributed by atoms with E-state index in [1.807, 2.05) is 30.3 Å². The lowest BCUT2D eigenvalue weighted by Crippen LogP contribution is -2.09. The summed E-state index contributed by atoms with van der Waals surface area (Å²) in [6.07, 6.45) is 0. The quantitative estimate of drug-likeness (QED) is 0.857. The van der Waals surface area contributed by atoms with E-state index in [1.165, 1.54) is 0 Å². The van der Waals surface area contributed by atoms with Crippen LogP contribution in [-0.2, 0) is 4.79 Å². The average molecular weight is 330 g/mol. The van der Waals surface area contributed by atoms with Crippen LogP contribution in [0.15, 0.2) is 53.0 Å². The molecule has 1 amide bonds. The van der Waals surface area contributed by atoms with Crippen molar-refractivity contribution in [3.05, 3.63) is 58.6 Å². The summed E-state index contributed by atoms with van der Waals surface area (Å²) in [5, 5.41) is 2.72. The first-order chi connectivity index (χ1) is 9.69. The van der Waals surface area contributed by atoms with Crippen molar-refractivity contribution in [3.63, 3.8) is 0 Å². The molecule has 0 aliphatic carbocycles. The van der Waals surface area contributed by atoms with Crippen LogP contribution in [0.3, 0.4) is 0 Å². The summed E-state index contributed by atoms with van der Waals surface area (Å²) in [4.78, 5) is 11.8. The van der Waals surface area contributed by atoms with Gasteiger partial charge in [0.15, 0.2) is 0 Å². The summed E-state index contributed by atoms with van der Waals surface area (Å²) in [5.41, 5.74) is 1.42. The second kappa shape index (κ2) is 6.78. The zero-order chi connectivity index (χ0) is 14.4. The average Bonchev–Trinajstić information content (AvgIpc) is 2.48. The summed E-state index contributed by atoms with van der Waals surface area (Å²) in [6.45, 7) is 0. The molecule has 0 radical (unpaired) electrons. The first kappa shape index (κ1) is 14.2. The lowest BCUT2D eigenvalue weighted by molar-refractivity contribution is -0.111. The fourth-order valence-corrected chi connectivity index (χ4v) is 1.88. The number of hydrogen-bond donors (Lipinski definition) is 1. The highest BCUT2D eigenvalue weighted by atomic mass is 79.9. The van der Waals surface area contributed by atoms with Crippen molar-refractivity contribution < 1.29 is 9.53 Å². The first-order valence-electron chi connectivity index (χ1n) is 5.90. The molecule has 0 aliphatic rings. The number of carbonyl (C=O) groups excluding carboxylic acids is 1. The number of ether oxygens (including phenoxy) is 1. The van der Waals surface area contributed by atoms with E-state index in [9.17, 15) is 4.79 Å². The second-order valence-corrected chi connectivity index (χ2v) is 4.77. The van der Waals surface area contributed by atoms with E-state index in [2.05, 4.69) is 33.1 Å². The predicted molar refractivity (Wildman–Crippen MR) is 82.6 cm³/mol. The molecule has 1 N–H and O–H groups in total. The number of anilines is 1. The molecule has 0 aliphatic heterocycles. The molecule has 0 saturated heterocycles. The van der Waals surface area contributed by atoms with E-state index in [4.69, 9.17) is 4.74 Å². The molecule has 3 nitrogen and oxygen atoms in total. The maximum absolute atomic E-state index is 11.8. The van der Waals surface area contributed by atoms with Crippen molar-refractivity contribution in [1.29, 1.82) is 0 Å². The van der Waals surface area contributed by atoms with Crippen molar-refractivity contribution in [3.8, 4) is 17.6 Å². The largest absolute Gasteiger partial charge is 0.497 e. The van der Waals surface area contributed by atoms with Gasteiger partial charge in [-0.25, -0.2) is 0 Å². The van der Waals surface area contributed by atoms with Crippen LogP contribution in [0.1, 0.15) is 5.56 Å². The molecule has 0 spiro atoms. The van der Waals surface area contributed by atoms with Crippen LogP contribution in [0.2, 0.25) is 0 Å². The number of methoxy groups -OCH3 is 1. The molecule has 2 rings (SSSR count). The molecule has 2 aromatic carbocycles. The third kappa shape index (κ3) is 3.87. The molecule has 0 heterocycles. The maximum Gasteiger partial charge on any atom is 0.300 e. The smallest absolute Gasteiger partial charge is 0.300 e. The topological polar surface area (TPSA) is 38.3 Å². The van der Waals surface area contributed by atoms with Crippen molar-refractivity contribution in [2.45, 2.75) is 0 Å². The van der Waals surface area contributed by atoms with Gasteiger partial charge in [-0.1, -0.05) is 24.1 Å². The number of halogens is 1. The Morgan fingerprint density at radius 1 is 1.20 bits per heavy atom. The van der Waals surface area contributed by atoms with E-state index in [0.29, 0.717) is 11.4 Å². The Hall–Kier alpha value is -2.25. The number of benzene rings is 2. The Labute approximate surface area is 126 Å². The second-order valence-electron chi connectivity index (χ2n) is 3.92. The van der Waals surface area contributed by atoms with Crippen LogP contribution in [-0.4, -0.2) is 13.0 Å². The summed E-state index contributed by atoms with van der Waals surface area (Å²) in [6, 6.07) is 14.7. The van der Waals surface area contributed by atoms with Crippen molar-refractivity contribution >= 4 is 27.5 Å². The lowest BCUT2D eigenvalue weighted by atomic mass is 10.2. The molecule has 2 aromatic rings. The van der Waals surface area contributed by atoms with Gasteiger partial charge in [0.05, 0.1) is 12.8 Å². The molecular formula is C16H12BrNO2. The van der Waals surface area contributed by atoms with Crippen LogP contribution in [0.5, 0.6) is 5.75 Å². The summed E-state index contributed by atoms with van der Waals surface area (Å²) < 4.78 is 5.88. The zero-order valence-electron chi connectivity index (χ0n) is 10.8. The number of rotatable bonds is 2. The van der Waals surface area contributed by atoms with Gasteiger partial charge >= 0.3 is 5.91 Å². The molecule has 0 saturated carbocycles. The number of hydrogen-bond acceptors (Lipinski definition) is 2. The van der Waals surface area contributed by atoms with Gasteiger partial charge in [-0.3, -0.25) is 4.79 Å². The zero-order valence-corrected chi connectivity index (χ0v) is 12.4. The summed E-state index contributed by atoms with van der Waals surface area (Å²) in [7, 11) is 1.57. The highest BCUT2D eigenvalue weighted by molar-refractivity contribution is 9.10. The monoisotopic (exact) mass is 329 g/mol. The minimum atomic E-state index is -0.372. The Morgan fingerprint density at radius 2 is 1.95 bits per heavy atom. The molecule has 0 fully saturated rings. The fourth-order valence-electron chi connectivity index (χ4n) is 1.53. The van der Waals surface area contributed by atoms with Gasteiger partial charge in [0.2, 0.25) is 0 Å². The third-order valence-electron chi connectivity index (χ3n) is 2.52. The highest BCUT2D eigenvalue weighted by Gasteiger charge is 2.04. The Bertz CT molecular complexity index is 672. The van der Waals surface area contributed by atoms with E-state index < -0.39 is 0 Å². The minimum absolute atomic E-state index is 0.372. The van der Waals surface area contributed by atoms with Gasteiger partial charge < -0.3 is 10.1 Å². The van der Waals surface area contributed by atoms with Crippen molar-refractivity contribution in [2.75, 3.05) is 12.4 Å². The molecular weight excluding hydrogens is 318 g/mol. The Balaban J connectivity index is 2.11. The van der Waals surface area contributed by atoms with E-state index in [1.54, 1.807) is 25.3 Å². The Kier molecular flexibility index (Phi) is 4.80. The van der Waals surface area contributed by atoms with Gasteiger partial charge in [-0.2, -0.15) is 0 Å². The molecule has 4 heteroatoms. The van der Waals surface area contributed by atoms with E-state index in [-0.39, 0.29) is 5.91 Å². The number of amides is 1. The highest BCUT2D eigenvalue weighted by Crippen LogP contribution is 2.26. The normalized spacial score (nSPS) is 9.30. The molecule has 100 valence electrons. The predicted octanol–water partition coefficient (Wildman–Crippen LogP) is 3.45. The van der Waals surface area contributed by atoms with E-state index >= 15 is 0 Å². The van der Waals surface area contributed by atoms with Crippen LogP contribution < -0.4 is 10.1 Å². The third-order valence-corrected chi connectivity index (χ3v) is 3.21. The number of nitrogens with one attached hydrogen (secondary N) is 1. The summed E-state index contributed by atoms with van der Waals surface area (Å²) >= 11 is 3.37. The summed E-state index contributed by atoms with van der Waals surface area (Å²) in [5.74, 6) is 5.65. The van der Waals surface area contributed by atoms with E-state index in [0.717, 1.165) is 10.0 Å². The fraction of sp³-hybridized carbons (Fsp3) is 0.0625. The van der Waals surface area contributed by atoms with Gasteiger partial charge in [0.1, 0.15) is 5.75 Å².